The summed E-state index contributed by atoms with van der Waals surface area (Å²) in [6.07, 6.45) is 0.381. The minimum Gasteiger partial charge on any atom is -0.489 e. The Balaban J connectivity index is 1.43. The third-order valence-electron chi connectivity index (χ3n) is 4.27. The number of hydrogen-bond acceptors (Lipinski definition) is 6. The highest BCUT2D eigenvalue weighted by Crippen LogP contribution is 2.15. The van der Waals surface area contributed by atoms with Crippen LogP contribution in [0.1, 0.15) is 22.3 Å². The molecule has 3 rings (SSSR count). The van der Waals surface area contributed by atoms with Gasteiger partial charge in [0.1, 0.15) is 12.4 Å². The van der Waals surface area contributed by atoms with E-state index in [4.69, 9.17) is 9.47 Å². The molecule has 8 heteroatoms. The third kappa shape index (κ3) is 5.82. The fourth-order valence-electron chi connectivity index (χ4n) is 2.82. The van der Waals surface area contributed by atoms with Crippen LogP contribution in [0.5, 0.6) is 5.75 Å². The van der Waals surface area contributed by atoms with Gasteiger partial charge in [-0.05, 0) is 36.2 Å². The zero-order valence-corrected chi connectivity index (χ0v) is 16.0. The molecule has 0 aromatic heterocycles. The Bertz CT molecular complexity index is 925. The SMILES string of the molecule is O=C(COC(=O)c1ccc(OCc2ccccc2)cc1)N[C@@H]1CCS(=O)(=O)C1. The number of ether oxygens (including phenoxy) is 2. The second-order valence-electron chi connectivity index (χ2n) is 6.54. The standard InChI is InChI=1S/C20H21NO6S/c22-19(21-17-10-11-28(24,25)14-17)13-27-20(23)16-6-8-18(9-7-16)26-12-15-4-2-1-3-5-15/h1-9,17H,10-14H2,(H,21,22)/t17-/m1/s1. The maximum atomic E-state index is 12.0. The highest BCUT2D eigenvalue weighted by atomic mass is 32.2. The molecule has 1 N–H and O–H groups in total. The minimum atomic E-state index is -3.08. The number of amides is 1. The second kappa shape index (κ2) is 8.88. The van der Waals surface area contributed by atoms with E-state index in [-0.39, 0.29) is 11.5 Å². The zero-order valence-electron chi connectivity index (χ0n) is 15.2. The molecular formula is C20H21NO6S. The molecule has 1 amide bonds. The van der Waals surface area contributed by atoms with Crippen LogP contribution < -0.4 is 10.1 Å². The van der Waals surface area contributed by atoms with Crippen molar-refractivity contribution in [2.45, 2.75) is 19.1 Å². The molecule has 2 aromatic rings. The zero-order chi connectivity index (χ0) is 20.0. The molecule has 148 valence electrons. The molecule has 1 atom stereocenters. The Morgan fingerprint density at radius 2 is 1.75 bits per heavy atom. The van der Waals surface area contributed by atoms with Crippen molar-refractivity contribution in [2.24, 2.45) is 0 Å². The second-order valence-corrected chi connectivity index (χ2v) is 8.77. The maximum Gasteiger partial charge on any atom is 0.338 e. The van der Waals surface area contributed by atoms with E-state index in [1.807, 2.05) is 30.3 Å². The number of sulfone groups is 1. The van der Waals surface area contributed by atoms with Gasteiger partial charge < -0.3 is 14.8 Å². The summed E-state index contributed by atoms with van der Waals surface area (Å²) in [5.41, 5.74) is 1.33. The van der Waals surface area contributed by atoms with Gasteiger partial charge in [-0.25, -0.2) is 13.2 Å². The number of carbonyl (C=O) groups is 2. The van der Waals surface area contributed by atoms with Crippen LogP contribution >= 0.6 is 0 Å². The van der Waals surface area contributed by atoms with E-state index in [9.17, 15) is 18.0 Å². The Morgan fingerprint density at radius 3 is 2.39 bits per heavy atom. The lowest BCUT2D eigenvalue weighted by Gasteiger charge is -2.11. The first kappa shape index (κ1) is 19.9. The van der Waals surface area contributed by atoms with E-state index in [1.165, 1.54) is 0 Å². The summed E-state index contributed by atoms with van der Waals surface area (Å²) >= 11 is 0. The summed E-state index contributed by atoms with van der Waals surface area (Å²) in [5, 5.41) is 2.57. The maximum absolute atomic E-state index is 12.0. The molecule has 7 nitrogen and oxygen atoms in total. The highest BCUT2D eigenvalue weighted by molar-refractivity contribution is 7.91. The lowest BCUT2D eigenvalue weighted by Crippen LogP contribution is -2.38. The number of esters is 1. The fourth-order valence-corrected chi connectivity index (χ4v) is 4.49. The summed E-state index contributed by atoms with van der Waals surface area (Å²) < 4.78 is 33.4. The van der Waals surface area contributed by atoms with E-state index in [0.717, 1.165) is 5.56 Å². The number of rotatable bonds is 7. The van der Waals surface area contributed by atoms with Crippen LogP contribution in [0.4, 0.5) is 0 Å². The topological polar surface area (TPSA) is 98.8 Å². The van der Waals surface area contributed by atoms with Gasteiger partial charge in [-0.1, -0.05) is 30.3 Å². The van der Waals surface area contributed by atoms with E-state index >= 15 is 0 Å². The van der Waals surface area contributed by atoms with Gasteiger partial charge in [-0.2, -0.15) is 0 Å². The average Bonchev–Trinajstić information content (AvgIpc) is 3.04. The molecule has 0 aliphatic carbocycles. The summed E-state index contributed by atoms with van der Waals surface area (Å²) in [6, 6.07) is 15.7. The van der Waals surface area contributed by atoms with Crippen LogP contribution in [-0.4, -0.2) is 44.4 Å². The van der Waals surface area contributed by atoms with Crippen LogP contribution in [0.25, 0.3) is 0 Å². The molecule has 28 heavy (non-hydrogen) atoms. The van der Waals surface area contributed by atoms with E-state index in [0.29, 0.717) is 24.3 Å². The molecule has 0 spiro atoms. The van der Waals surface area contributed by atoms with E-state index in [2.05, 4.69) is 5.32 Å². The van der Waals surface area contributed by atoms with Crippen molar-refractivity contribution in [1.82, 2.24) is 5.32 Å². The first-order valence-corrected chi connectivity index (χ1v) is 10.7. The van der Waals surface area contributed by atoms with Gasteiger partial charge in [0, 0.05) is 6.04 Å². The van der Waals surface area contributed by atoms with Gasteiger partial charge in [-0.3, -0.25) is 4.79 Å². The lowest BCUT2D eigenvalue weighted by atomic mass is 10.2. The number of nitrogens with one attached hydrogen (secondary N) is 1. The van der Waals surface area contributed by atoms with E-state index in [1.54, 1.807) is 24.3 Å². The molecule has 1 heterocycles. The Labute approximate surface area is 163 Å². The quantitative estimate of drug-likeness (QED) is 0.707. The van der Waals surface area contributed by atoms with Gasteiger partial charge in [0.2, 0.25) is 0 Å². The predicted octanol–water partition coefficient (Wildman–Crippen LogP) is 1.73. The summed E-state index contributed by atoms with van der Waals surface area (Å²) in [6.45, 7) is -0.0384. The number of benzene rings is 2. The van der Waals surface area contributed by atoms with Crippen molar-refractivity contribution in [3.8, 4) is 5.75 Å². The summed E-state index contributed by atoms with van der Waals surface area (Å²) in [5.74, 6) is -0.546. The van der Waals surface area contributed by atoms with E-state index < -0.39 is 34.4 Å². The molecule has 2 aromatic carbocycles. The monoisotopic (exact) mass is 403 g/mol. The van der Waals surface area contributed by atoms with Crippen LogP contribution in [-0.2, 0) is 26.0 Å². The van der Waals surface area contributed by atoms with Gasteiger partial charge in [-0.15, -0.1) is 0 Å². The van der Waals surface area contributed by atoms with Crippen LogP contribution in [0.3, 0.4) is 0 Å². The fraction of sp³-hybridized carbons (Fsp3) is 0.300. The Hall–Kier alpha value is -2.87. The van der Waals surface area contributed by atoms with Crippen molar-refractivity contribution >= 4 is 21.7 Å². The van der Waals surface area contributed by atoms with Crippen molar-refractivity contribution in [3.05, 3.63) is 65.7 Å². The molecule has 0 radical (unpaired) electrons. The van der Waals surface area contributed by atoms with Gasteiger partial charge in [0.15, 0.2) is 16.4 Å². The van der Waals surface area contributed by atoms with Crippen molar-refractivity contribution < 1.29 is 27.5 Å². The highest BCUT2D eigenvalue weighted by Gasteiger charge is 2.29. The van der Waals surface area contributed by atoms with Crippen LogP contribution in [0.15, 0.2) is 54.6 Å². The van der Waals surface area contributed by atoms with Crippen molar-refractivity contribution in [3.63, 3.8) is 0 Å². The Kier molecular flexibility index (Phi) is 6.30. The van der Waals surface area contributed by atoms with Crippen molar-refractivity contribution in [1.29, 1.82) is 0 Å². The smallest absolute Gasteiger partial charge is 0.338 e. The molecule has 0 unspecified atom stereocenters. The molecule has 1 fully saturated rings. The van der Waals surface area contributed by atoms with Crippen LogP contribution in [0, 0.1) is 0 Å². The normalized spacial score (nSPS) is 17.6. The molecule has 1 aliphatic heterocycles. The molecule has 1 aliphatic rings. The van der Waals surface area contributed by atoms with Crippen molar-refractivity contribution in [2.75, 3.05) is 18.1 Å². The largest absolute Gasteiger partial charge is 0.489 e. The lowest BCUT2D eigenvalue weighted by molar-refractivity contribution is -0.124. The molecule has 1 saturated heterocycles. The minimum absolute atomic E-state index is 0.0659. The molecule has 0 saturated carbocycles. The van der Waals surface area contributed by atoms with Gasteiger partial charge >= 0.3 is 5.97 Å². The van der Waals surface area contributed by atoms with Crippen LogP contribution in [0.2, 0.25) is 0 Å². The Morgan fingerprint density at radius 1 is 1.04 bits per heavy atom. The predicted molar refractivity (Wildman–Crippen MR) is 103 cm³/mol. The van der Waals surface area contributed by atoms with Gasteiger partial charge in [0.25, 0.3) is 5.91 Å². The summed E-state index contributed by atoms with van der Waals surface area (Å²) in [4.78, 5) is 23.9. The number of hydrogen-bond donors (Lipinski definition) is 1. The third-order valence-corrected chi connectivity index (χ3v) is 6.04. The average molecular weight is 403 g/mol. The molecular weight excluding hydrogens is 382 g/mol. The molecule has 0 bridgehead atoms. The number of carbonyl (C=O) groups excluding carboxylic acids is 2. The first-order valence-electron chi connectivity index (χ1n) is 8.85. The van der Waals surface area contributed by atoms with Gasteiger partial charge in [0.05, 0.1) is 17.1 Å². The summed E-state index contributed by atoms with van der Waals surface area (Å²) in [7, 11) is -3.08. The first-order chi connectivity index (χ1) is 13.4.